The van der Waals surface area contributed by atoms with E-state index in [-0.39, 0.29) is 18.8 Å². The molecule has 0 unspecified atom stereocenters. The van der Waals surface area contributed by atoms with Crippen molar-refractivity contribution in [2.45, 2.75) is 12.7 Å². The lowest BCUT2D eigenvalue weighted by molar-refractivity contribution is -0.137. The van der Waals surface area contributed by atoms with Crippen molar-refractivity contribution in [3.63, 3.8) is 0 Å². The zero-order valence-electron chi connectivity index (χ0n) is 15.5. The Morgan fingerprint density at radius 2 is 1.69 bits per heavy atom. The Balaban J connectivity index is 1.80. The molecular formula is C19H19F3N2O4S. The molecule has 0 aliphatic carbocycles. The summed E-state index contributed by atoms with van der Waals surface area (Å²) in [4.78, 5) is 12.1. The second-order valence-electron chi connectivity index (χ2n) is 6.66. The van der Waals surface area contributed by atoms with Crippen LogP contribution in [0.4, 0.5) is 13.2 Å². The van der Waals surface area contributed by atoms with Gasteiger partial charge in [0.2, 0.25) is 0 Å². The van der Waals surface area contributed by atoms with Crippen LogP contribution >= 0.6 is 0 Å². The van der Waals surface area contributed by atoms with Gasteiger partial charge in [0, 0.05) is 25.9 Å². The van der Waals surface area contributed by atoms with Crippen molar-refractivity contribution in [1.29, 1.82) is 0 Å². The van der Waals surface area contributed by atoms with Gasteiger partial charge in [0.05, 0.1) is 16.8 Å². The van der Waals surface area contributed by atoms with Crippen LogP contribution in [0.25, 0.3) is 22.2 Å². The second kappa shape index (κ2) is 8.03. The van der Waals surface area contributed by atoms with Crippen LogP contribution in [0.1, 0.15) is 5.56 Å². The molecule has 0 bridgehead atoms. The van der Waals surface area contributed by atoms with Crippen LogP contribution in [0.15, 0.2) is 51.7 Å². The van der Waals surface area contributed by atoms with Gasteiger partial charge >= 0.3 is 11.9 Å². The van der Waals surface area contributed by atoms with Gasteiger partial charge in [0.15, 0.2) is 5.58 Å². The molecule has 0 aliphatic rings. The molecule has 0 spiro atoms. The molecule has 1 heterocycles. The molecule has 156 valence electrons. The fraction of sp³-hybridized carbons (Fsp3) is 0.316. The van der Waals surface area contributed by atoms with E-state index in [1.165, 1.54) is 16.7 Å². The van der Waals surface area contributed by atoms with Crippen LogP contribution in [0.3, 0.4) is 0 Å². The van der Waals surface area contributed by atoms with E-state index in [2.05, 4.69) is 5.32 Å². The van der Waals surface area contributed by atoms with Crippen molar-refractivity contribution < 1.29 is 26.0 Å². The highest BCUT2D eigenvalue weighted by Gasteiger charge is 2.30. The lowest BCUT2D eigenvalue weighted by Gasteiger charge is -2.08. The number of rotatable bonds is 7. The number of halogens is 3. The number of aromatic nitrogens is 1. The Bertz CT molecular complexity index is 1160. The average Bonchev–Trinajstić information content (AvgIpc) is 2.94. The molecule has 3 aromatic rings. The van der Waals surface area contributed by atoms with E-state index >= 15 is 0 Å². The molecule has 0 saturated heterocycles. The molecule has 0 radical (unpaired) electrons. The molecule has 3 rings (SSSR count). The number of hydrogen-bond acceptors (Lipinski definition) is 5. The number of fused-ring (bicyclic) bond motifs is 1. The number of sulfone groups is 1. The molecule has 29 heavy (non-hydrogen) atoms. The maximum Gasteiger partial charge on any atom is 0.419 e. The molecule has 0 fully saturated rings. The topological polar surface area (TPSA) is 81.3 Å². The Morgan fingerprint density at radius 3 is 2.31 bits per heavy atom. The minimum Gasteiger partial charge on any atom is -0.408 e. The monoisotopic (exact) mass is 428 g/mol. The summed E-state index contributed by atoms with van der Waals surface area (Å²) in [6, 6.07) is 9.71. The molecule has 0 amide bonds. The summed E-state index contributed by atoms with van der Waals surface area (Å²) in [5.74, 6) is -0.568. The third kappa shape index (κ3) is 5.27. The molecule has 2 aromatic carbocycles. The van der Waals surface area contributed by atoms with Crippen molar-refractivity contribution in [3.05, 3.63) is 58.6 Å². The van der Waals surface area contributed by atoms with Crippen LogP contribution in [0, 0.1) is 0 Å². The van der Waals surface area contributed by atoms with Gasteiger partial charge in [0.25, 0.3) is 0 Å². The summed E-state index contributed by atoms with van der Waals surface area (Å²) in [5.41, 5.74) is 1.36. The minimum atomic E-state index is -4.41. The number of hydrogen-bond donors (Lipinski definition) is 1. The lowest BCUT2D eigenvalue weighted by atomic mass is 10.0. The van der Waals surface area contributed by atoms with Crippen LogP contribution < -0.4 is 11.1 Å². The van der Waals surface area contributed by atoms with Crippen LogP contribution in [0.5, 0.6) is 0 Å². The van der Waals surface area contributed by atoms with E-state index in [4.69, 9.17) is 4.42 Å². The predicted molar refractivity (Wildman–Crippen MR) is 103 cm³/mol. The largest absolute Gasteiger partial charge is 0.419 e. The van der Waals surface area contributed by atoms with Gasteiger partial charge in [-0.15, -0.1) is 0 Å². The SMILES string of the molecule is CS(=O)(=O)CCNCCn1c(=O)oc2ccc(-c3ccc(C(F)(F)F)cc3)cc21. The van der Waals surface area contributed by atoms with E-state index in [0.717, 1.165) is 18.4 Å². The van der Waals surface area contributed by atoms with Crippen molar-refractivity contribution in [3.8, 4) is 11.1 Å². The normalized spacial score (nSPS) is 12.6. The first kappa shape index (κ1) is 21.1. The summed E-state index contributed by atoms with van der Waals surface area (Å²) < 4.78 is 67.1. The van der Waals surface area contributed by atoms with Gasteiger partial charge in [-0.3, -0.25) is 4.57 Å². The first-order valence-corrected chi connectivity index (χ1v) is 10.8. The summed E-state index contributed by atoms with van der Waals surface area (Å²) >= 11 is 0. The summed E-state index contributed by atoms with van der Waals surface area (Å²) in [6.45, 7) is 0.876. The number of nitrogens with zero attached hydrogens (tertiary/aromatic N) is 1. The van der Waals surface area contributed by atoms with E-state index in [9.17, 15) is 26.4 Å². The summed E-state index contributed by atoms with van der Waals surface area (Å²) in [5, 5.41) is 2.95. The summed E-state index contributed by atoms with van der Waals surface area (Å²) in [7, 11) is -3.07. The van der Waals surface area contributed by atoms with Gasteiger partial charge in [-0.05, 0) is 35.4 Å². The van der Waals surface area contributed by atoms with Crippen molar-refractivity contribution >= 4 is 20.9 Å². The van der Waals surface area contributed by atoms with Gasteiger partial charge in [0.1, 0.15) is 9.84 Å². The molecular weight excluding hydrogens is 409 g/mol. The van der Waals surface area contributed by atoms with Crippen molar-refractivity contribution in [1.82, 2.24) is 9.88 Å². The first-order valence-electron chi connectivity index (χ1n) is 8.74. The number of oxazole rings is 1. The third-order valence-electron chi connectivity index (χ3n) is 4.37. The fourth-order valence-corrected chi connectivity index (χ4v) is 3.39. The highest BCUT2D eigenvalue weighted by molar-refractivity contribution is 7.90. The molecule has 0 saturated carbocycles. The highest BCUT2D eigenvalue weighted by atomic mass is 32.2. The smallest absolute Gasteiger partial charge is 0.408 e. The standard InChI is InChI=1S/C19H19F3N2O4S/c1-29(26,27)11-9-23-8-10-24-16-12-14(4-7-17(16)28-18(24)25)13-2-5-15(6-3-13)19(20,21)22/h2-7,12,23H,8-11H2,1H3. The quantitative estimate of drug-likeness (QED) is 0.586. The maximum atomic E-state index is 12.7. The number of alkyl halides is 3. The van der Waals surface area contributed by atoms with Crippen molar-refractivity contribution in [2.24, 2.45) is 0 Å². The zero-order valence-corrected chi connectivity index (χ0v) is 16.3. The van der Waals surface area contributed by atoms with E-state index in [0.29, 0.717) is 28.8 Å². The first-order chi connectivity index (χ1) is 13.5. The predicted octanol–water partition coefficient (Wildman–Crippen LogP) is 2.91. The highest BCUT2D eigenvalue weighted by Crippen LogP contribution is 2.31. The summed E-state index contributed by atoms with van der Waals surface area (Å²) in [6.07, 6.45) is -3.26. The zero-order chi connectivity index (χ0) is 21.2. The number of benzene rings is 2. The van der Waals surface area contributed by atoms with Gasteiger partial charge in [-0.1, -0.05) is 18.2 Å². The molecule has 1 aromatic heterocycles. The Kier molecular flexibility index (Phi) is 5.85. The minimum absolute atomic E-state index is 0.00783. The average molecular weight is 428 g/mol. The van der Waals surface area contributed by atoms with Crippen molar-refractivity contribution in [2.75, 3.05) is 25.1 Å². The van der Waals surface area contributed by atoms with Crippen LogP contribution in [-0.4, -0.2) is 38.1 Å². The van der Waals surface area contributed by atoms with Gasteiger partial charge < -0.3 is 9.73 Å². The maximum absolute atomic E-state index is 12.7. The molecule has 1 N–H and O–H groups in total. The fourth-order valence-electron chi connectivity index (χ4n) is 2.88. The Labute approximate surface area is 164 Å². The van der Waals surface area contributed by atoms with E-state index < -0.39 is 27.3 Å². The molecule has 0 atom stereocenters. The van der Waals surface area contributed by atoms with Crippen LogP contribution in [-0.2, 0) is 22.6 Å². The van der Waals surface area contributed by atoms with Gasteiger partial charge in [-0.2, -0.15) is 13.2 Å². The van der Waals surface area contributed by atoms with Gasteiger partial charge in [-0.25, -0.2) is 13.2 Å². The Hall–Kier alpha value is -2.59. The van der Waals surface area contributed by atoms with Crippen LogP contribution in [0.2, 0.25) is 0 Å². The Morgan fingerprint density at radius 1 is 1.03 bits per heavy atom. The van der Waals surface area contributed by atoms with E-state index in [1.807, 2.05) is 0 Å². The lowest BCUT2D eigenvalue weighted by Crippen LogP contribution is -2.28. The second-order valence-corrected chi connectivity index (χ2v) is 8.92. The molecule has 6 nitrogen and oxygen atoms in total. The molecule has 10 heteroatoms. The van der Waals surface area contributed by atoms with E-state index in [1.54, 1.807) is 18.2 Å². The number of nitrogens with one attached hydrogen (secondary N) is 1. The third-order valence-corrected chi connectivity index (χ3v) is 5.32. The molecule has 0 aliphatic heterocycles.